The Hall–Kier alpha value is -1.75. The minimum atomic E-state index is -0.104. The summed E-state index contributed by atoms with van der Waals surface area (Å²) in [5.74, 6) is 0.0550. The number of nitrogens with one attached hydrogen (secondary N) is 1. The lowest BCUT2D eigenvalue weighted by molar-refractivity contribution is -0.131. The van der Waals surface area contributed by atoms with Gasteiger partial charge in [-0.25, -0.2) is 0 Å². The quantitative estimate of drug-likeness (QED) is 0.898. The highest BCUT2D eigenvalue weighted by Gasteiger charge is 2.17. The number of halogens is 1. The van der Waals surface area contributed by atoms with Crippen molar-refractivity contribution in [1.82, 2.24) is 4.90 Å². The number of hydrogen-bond donors (Lipinski definition) is 1. The number of carbonyl (C=O) groups is 2. The fourth-order valence-electron chi connectivity index (χ4n) is 2.72. The molecule has 1 fully saturated rings. The first-order valence-electron chi connectivity index (χ1n) is 8.02. The van der Waals surface area contributed by atoms with Gasteiger partial charge in [-0.2, -0.15) is 0 Å². The maximum Gasteiger partial charge on any atom is 0.226 e. The van der Waals surface area contributed by atoms with E-state index in [2.05, 4.69) is 5.32 Å². The summed E-state index contributed by atoms with van der Waals surface area (Å²) in [7, 11) is 3.82. The molecule has 23 heavy (non-hydrogen) atoms. The Bertz CT molecular complexity index is 575. The minimum absolute atomic E-state index is 0.104. The van der Waals surface area contributed by atoms with Gasteiger partial charge in [-0.1, -0.05) is 18.0 Å². The summed E-state index contributed by atoms with van der Waals surface area (Å²) in [6.45, 7) is 1.23. The number of likely N-dealkylation sites (tertiary alicyclic amines) is 1. The van der Waals surface area contributed by atoms with Crippen LogP contribution in [0, 0.1) is 0 Å². The van der Waals surface area contributed by atoms with Gasteiger partial charge < -0.3 is 15.1 Å². The molecule has 1 saturated heterocycles. The summed E-state index contributed by atoms with van der Waals surface area (Å²) in [5, 5.41) is 3.48. The molecule has 2 rings (SSSR count). The Balaban J connectivity index is 1.94. The van der Waals surface area contributed by atoms with E-state index in [4.69, 9.17) is 11.6 Å². The van der Waals surface area contributed by atoms with Gasteiger partial charge in [-0.15, -0.1) is 0 Å². The summed E-state index contributed by atoms with van der Waals surface area (Å²) in [6.07, 6.45) is 3.96. The van der Waals surface area contributed by atoms with Crippen LogP contribution in [0.25, 0.3) is 0 Å². The van der Waals surface area contributed by atoms with Crippen LogP contribution in [0.2, 0.25) is 5.02 Å². The van der Waals surface area contributed by atoms with Gasteiger partial charge in [-0.3, -0.25) is 9.59 Å². The normalized spacial score (nSPS) is 15.3. The lowest BCUT2D eigenvalue weighted by Crippen LogP contribution is -2.33. The van der Waals surface area contributed by atoms with Crippen molar-refractivity contribution >= 4 is 34.8 Å². The molecule has 1 heterocycles. The first-order valence-corrected chi connectivity index (χ1v) is 8.39. The third kappa shape index (κ3) is 5.13. The van der Waals surface area contributed by atoms with Crippen molar-refractivity contribution < 1.29 is 9.59 Å². The zero-order valence-electron chi connectivity index (χ0n) is 13.8. The first kappa shape index (κ1) is 17.6. The molecule has 0 unspecified atom stereocenters. The van der Waals surface area contributed by atoms with Crippen molar-refractivity contribution in [3.63, 3.8) is 0 Å². The topological polar surface area (TPSA) is 52.7 Å². The summed E-state index contributed by atoms with van der Waals surface area (Å²) in [4.78, 5) is 27.9. The van der Waals surface area contributed by atoms with E-state index in [0.29, 0.717) is 30.1 Å². The van der Waals surface area contributed by atoms with Gasteiger partial charge in [0, 0.05) is 45.0 Å². The summed E-state index contributed by atoms with van der Waals surface area (Å²) in [5.41, 5.74) is 1.59. The van der Waals surface area contributed by atoms with Crippen LogP contribution in [-0.2, 0) is 9.59 Å². The van der Waals surface area contributed by atoms with E-state index in [1.807, 2.05) is 25.1 Å². The van der Waals surface area contributed by atoms with Crippen molar-refractivity contribution in [3.05, 3.63) is 23.2 Å². The predicted octanol–water partition coefficient (Wildman–Crippen LogP) is 3.14. The zero-order valence-corrected chi connectivity index (χ0v) is 14.5. The van der Waals surface area contributed by atoms with Gasteiger partial charge in [-0.05, 0) is 31.0 Å². The molecule has 126 valence electrons. The van der Waals surface area contributed by atoms with E-state index in [1.54, 1.807) is 17.0 Å². The second-order valence-electron chi connectivity index (χ2n) is 6.05. The van der Waals surface area contributed by atoms with Crippen molar-refractivity contribution in [1.29, 1.82) is 0 Å². The van der Waals surface area contributed by atoms with Gasteiger partial charge >= 0.3 is 0 Å². The Labute approximate surface area is 142 Å². The lowest BCUT2D eigenvalue weighted by atomic mass is 10.2. The van der Waals surface area contributed by atoms with E-state index < -0.39 is 0 Å². The van der Waals surface area contributed by atoms with Gasteiger partial charge in [0.25, 0.3) is 0 Å². The highest BCUT2D eigenvalue weighted by Crippen LogP contribution is 2.27. The molecule has 1 aromatic carbocycles. The molecule has 6 heteroatoms. The molecule has 0 saturated carbocycles. The number of anilines is 2. The number of carbonyl (C=O) groups excluding carboxylic acids is 2. The molecule has 0 radical (unpaired) electrons. The second-order valence-corrected chi connectivity index (χ2v) is 6.48. The molecule has 0 spiro atoms. The lowest BCUT2D eigenvalue weighted by Gasteiger charge is -2.21. The van der Waals surface area contributed by atoms with Gasteiger partial charge in [0.05, 0.1) is 11.4 Å². The Morgan fingerprint density at radius 1 is 1.30 bits per heavy atom. The standard InChI is InChI=1S/C17H24ClN3O2/c1-20(2)15-8-7-13(18)12-14(15)19-16(22)9-11-21-10-5-3-4-6-17(21)23/h7-8,12H,3-6,9-11H2,1-2H3,(H,19,22). The highest BCUT2D eigenvalue weighted by atomic mass is 35.5. The van der Waals surface area contributed by atoms with Crippen LogP contribution in [0.15, 0.2) is 18.2 Å². The first-order chi connectivity index (χ1) is 11.0. The van der Waals surface area contributed by atoms with Crippen LogP contribution in [0.1, 0.15) is 32.1 Å². The van der Waals surface area contributed by atoms with E-state index in [9.17, 15) is 9.59 Å². The van der Waals surface area contributed by atoms with E-state index >= 15 is 0 Å². The maximum absolute atomic E-state index is 12.2. The van der Waals surface area contributed by atoms with Gasteiger partial charge in [0.2, 0.25) is 11.8 Å². The van der Waals surface area contributed by atoms with Crippen LogP contribution in [0.3, 0.4) is 0 Å². The summed E-state index contributed by atoms with van der Waals surface area (Å²) in [6, 6.07) is 5.41. The van der Waals surface area contributed by atoms with E-state index in [-0.39, 0.29) is 11.8 Å². The van der Waals surface area contributed by atoms with E-state index in [1.165, 1.54) is 0 Å². The number of amides is 2. The van der Waals surface area contributed by atoms with Crippen molar-refractivity contribution in [3.8, 4) is 0 Å². The largest absolute Gasteiger partial charge is 0.376 e. The Kier molecular flexibility index (Phi) is 6.28. The van der Waals surface area contributed by atoms with E-state index in [0.717, 1.165) is 31.5 Å². The molecule has 5 nitrogen and oxygen atoms in total. The number of benzene rings is 1. The third-order valence-electron chi connectivity index (χ3n) is 3.99. The number of nitrogens with zero attached hydrogens (tertiary/aromatic N) is 2. The second kappa shape index (κ2) is 8.20. The van der Waals surface area contributed by atoms with Crippen LogP contribution >= 0.6 is 11.6 Å². The molecular formula is C17H24ClN3O2. The molecular weight excluding hydrogens is 314 g/mol. The molecule has 1 aliphatic rings. The minimum Gasteiger partial charge on any atom is -0.376 e. The van der Waals surface area contributed by atoms with Gasteiger partial charge in [0.1, 0.15) is 0 Å². The molecule has 1 aliphatic heterocycles. The Morgan fingerprint density at radius 3 is 2.83 bits per heavy atom. The SMILES string of the molecule is CN(C)c1ccc(Cl)cc1NC(=O)CCN1CCCCCC1=O. The van der Waals surface area contributed by atoms with Crippen molar-refractivity contribution in [2.75, 3.05) is 37.4 Å². The smallest absolute Gasteiger partial charge is 0.226 e. The van der Waals surface area contributed by atoms with Crippen LogP contribution < -0.4 is 10.2 Å². The number of rotatable bonds is 5. The monoisotopic (exact) mass is 337 g/mol. The average molecular weight is 338 g/mol. The molecule has 2 amide bonds. The predicted molar refractivity (Wildman–Crippen MR) is 94.1 cm³/mol. The molecule has 1 N–H and O–H groups in total. The summed E-state index contributed by atoms with van der Waals surface area (Å²) >= 11 is 6.02. The zero-order chi connectivity index (χ0) is 16.8. The fraction of sp³-hybridized carbons (Fsp3) is 0.529. The Morgan fingerprint density at radius 2 is 2.09 bits per heavy atom. The highest BCUT2D eigenvalue weighted by molar-refractivity contribution is 6.31. The fourth-order valence-corrected chi connectivity index (χ4v) is 2.89. The molecule has 0 aromatic heterocycles. The molecule has 0 aliphatic carbocycles. The molecule has 1 aromatic rings. The number of hydrogen-bond acceptors (Lipinski definition) is 3. The molecule has 0 bridgehead atoms. The summed E-state index contributed by atoms with van der Waals surface area (Å²) < 4.78 is 0. The molecule has 0 atom stereocenters. The van der Waals surface area contributed by atoms with Crippen LogP contribution in [0.5, 0.6) is 0 Å². The van der Waals surface area contributed by atoms with Crippen LogP contribution in [0.4, 0.5) is 11.4 Å². The van der Waals surface area contributed by atoms with Crippen molar-refractivity contribution in [2.45, 2.75) is 32.1 Å². The third-order valence-corrected chi connectivity index (χ3v) is 4.23. The average Bonchev–Trinajstić information content (AvgIpc) is 2.69. The van der Waals surface area contributed by atoms with Gasteiger partial charge in [0.15, 0.2) is 0 Å². The maximum atomic E-state index is 12.2. The van der Waals surface area contributed by atoms with Crippen LogP contribution in [-0.4, -0.2) is 43.9 Å². The van der Waals surface area contributed by atoms with Crippen molar-refractivity contribution in [2.24, 2.45) is 0 Å².